The van der Waals surface area contributed by atoms with E-state index < -0.39 is 0 Å². The zero-order valence-corrected chi connectivity index (χ0v) is 11.1. The van der Waals surface area contributed by atoms with E-state index >= 15 is 0 Å². The van der Waals surface area contributed by atoms with Gasteiger partial charge in [0.2, 0.25) is 0 Å². The Labute approximate surface area is 110 Å². The minimum Gasteiger partial charge on any atom is -0.310 e. The minimum atomic E-state index is 0.400. The highest BCUT2D eigenvalue weighted by Crippen LogP contribution is 2.16. The van der Waals surface area contributed by atoms with E-state index in [1.807, 2.05) is 0 Å². The highest BCUT2D eigenvalue weighted by atomic mass is 14.9. The lowest BCUT2D eigenvalue weighted by atomic mass is 10.0. The molecular weight excluding hydrogens is 218 g/mol. The zero-order chi connectivity index (χ0) is 12.8. The molecule has 2 atom stereocenters. The summed E-state index contributed by atoms with van der Waals surface area (Å²) in [6, 6.07) is 21.6. The number of benzene rings is 2. The first-order valence-corrected chi connectivity index (χ1v) is 6.60. The molecule has 0 amide bonds. The second-order valence-electron chi connectivity index (χ2n) is 4.85. The predicted molar refractivity (Wildman–Crippen MR) is 77.7 cm³/mol. The lowest BCUT2D eigenvalue weighted by Crippen LogP contribution is -2.23. The van der Waals surface area contributed by atoms with Crippen molar-refractivity contribution in [2.45, 2.75) is 25.8 Å². The fourth-order valence-corrected chi connectivity index (χ4v) is 2.11. The Bertz CT molecular complexity index is 404. The van der Waals surface area contributed by atoms with Gasteiger partial charge in [-0.05, 0) is 24.0 Å². The predicted octanol–water partition coefficient (Wildman–Crippen LogP) is 4.14. The largest absolute Gasteiger partial charge is 0.310 e. The third-order valence-corrected chi connectivity index (χ3v) is 3.40. The van der Waals surface area contributed by atoms with Gasteiger partial charge in [-0.25, -0.2) is 0 Å². The van der Waals surface area contributed by atoms with Crippen molar-refractivity contribution in [3.63, 3.8) is 0 Å². The molecule has 0 unspecified atom stereocenters. The third kappa shape index (κ3) is 3.44. The topological polar surface area (TPSA) is 12.0 Å². The van der Waals surface area contributed by atoms with Crippen LogP contribution in [0.3, 0.4) is 0 Å². The summed E-state index contributed by atoms with van der Waals surface area (Å²) in [7, 11) is 0. The first kappa shape index (κ1) is 12.8. The van der Waals surface area contributed by atoms with E-state index in [0.29, 0.717) is 12.0 Å². The van der Waals surface area contributed by atoms with Crippen LogP contribution in [0.5, 0.6) is 0 Å². The maximum absolute atomic E-state index is 3.60. The smallest absolute Gasteiger partial charge is 0.0292 e. The minimum absolute atomic E-state index is 0.400. The molecule has 0 spiro atoms. The van der Waals surface area contributed by atoms with Crippen molar-refractivity contribution < 1.29 is 0 Å². The average Bonchev–Trinajstić information content (AvgIpc) is 2.46. The molecule has 2 aromatic carbocycles. The van der Waals surface area contributed by atoms with E-state index in [0.717, 1.165) is 6.54 Å². The monoisotopic (exact) mass is 239 g/mol. The van der Waals surface area contributed by atoms with Gasteiger partial charge in [-0.2, -0.15) is 0 Å². The Morgan fingerprint density at radius 1 is 0.778 bits per heavy atom. The summed E-state index contributed by atoms with van der Waals surface area (Å²) in [6.07, 6.45) is 0. The van der Waals surface area contributed by atoms with Crippen molar-refractivity contribution >= 4 is 0 Å². The molecule has 0 aliphatic heterocycles. The Hall–Kier alpha value is -1.60. The van der Waals surface area contributed by atoms with Gasteiger partial charge in [0.1, 0.15) is 0 Å². The van der Waals surface area contributed by atoms with Crippen molar-refractivity contribution in [2.24, 2.45) is 0 Å². The molecule has 0 heterocycles. The summed E-state index contributed by atoms with van der Waals surface area (Å²) < 4.78 is 0. The molecular formula is C17H21N. The first-order chi connectivity index (χ1) is 8.77. The van der Waals surface area contributed by atoms with Gasteiger partial charge in [0.05, 0.1) is 0 Å². The van der Waals surface area contributed by atoms with Crippen molar-refractivity contribution in [3.05, 3.63) is 71.8 Å². The highest BCUT2D eigenvalue weighted by molar-refractivity contribution is 5.20. The van der Waals surface area contributed by atoms with Crippen LogP contribution in [0.2, 0.25) is 0 Å². The van der Waals surface area contributed by atoms with E-state index in [-0.39, 0.29) is 0 Å². The fraction of sp³-hybridized carbons (Fsp3) is 0.294. The van der Waals surface area contributed by atoms with Crippen molar-refractivity contribution in [2.75, 3.05) is 6.54 Å². The van der Waals surface area contributed by atoms with E-state index in [1.165, 1.54) is 11.1 Å². The van der Waals surface area contributed by atoms with Crippen molar-refractivity contribution in [1.29, 1.82) is 0 Å². The van der Waals surface area contributed by atoms with E-state index in [1.54, 1.807) is 0 Å². The molecule has 0 saturated heterocycles. The lowest BCUT2D eigenvalue weighted by molar-refractivity contribution is 0.537. The van der Waals surface area contributed by atoms with Gasteiger partial charge in [0.25, 0.3) is 0 Å². The van der Waals surface area contributed by atoms with Gasteiger partial charge in [0.15, 0.2) is 0 Å². The van der Waals surface area contributed by atoms with Crippen LogP contribution in [-0.4, -0.2) is 6.54 Å². The van der Waals surface area contributed by atoms with Crippen LogP contribution in [0, 0.1) is 0 Å². The van der Waals surface area contributed by atoms with Gasteiger partial charge in [-0.1, -0.05) is 67.6 Å². The number of hydrogen-bond donors (Lipinski definition) is 1. The molecule has 2 aromatic rings. The molecule has 0 aromatic heterocycles. The summed E-state index contributed by atoms with van der Waals surface area (Å²) in [6.45, 7) is 5.48. The average molecular weight is 239 g/mol. The maximum Gasteiger partial charge on any atom is 0.0292 e. The standard InChI is InChI=1S/C17H21N/c1-14(16-9-5-3-6-10-16)13-18-15(2)17-11-7-4-8-12-17/h3-12,14-15,18H,13H2,1-2H3/t14-,15-/m0/s1. The molecule has 94 valence electrons. The third-order valence-electron chi connectivity index (χ3n) is 3.40. The van der Waals surface area contributed by atoms with E-state index in [2.05, 4.69) is 79.8 Å². The van der Waals surface area contributed by atoms with Crippen molar-refractivity contribution in [1.82, 2.24) is 5.32 Å². The van der Waals surface area contributed by atoms with Gasteiger partial charge in [-0.3, -0.25) is 0 Å². The quantitative estimate of drug-likeness (QED) is 0.827. The molecule has 0 radical (unpaired) electrons. The molecule has 1 heteroatoms. The number of nitrogens with one attached hydrogen (secondary N) is 1. The molecule has 0 bridgehead atoms. The molecule has 0 aliphatic rings. The molecule has 18 heavy (non-hydrogen) atoms. The Morgan fingerprint density at radius 2 is 1.28 bits per heavy atom. The fourth-order valence-electron chi connectivity index (χ4n) is 2.11. The van der Waals surface area contributed by atoms with Gasteiger partial charge >= 0.3 is 0 Å². The number of rotatable bonds is 5. The van der Waals surface area contributed by atoms with Gasteiger partial charge < -0.3 is 5.32 Å². The van der Waals surface area contributed by atoms with Gasteiger partial charge in [-0.15, -0.1) is 0 Å². The zero-order valence-electron chi connectivity index (χ0n) is 11.1. The second-order valence-corrected chi connectivity index (χ2v) is 4.85. The second kappa shape index (κ2) is 6.36. The molecule has 1 nitrogen and oxygen atoms in total. The maximum atomic E-state index is 3.60. The van der Waals surface area contributed by atoms with Crippen LogP contribution in [0.1, 0.15) is 36.9 Å². The van der Waals surface area contributed by atoms with E-state index in [9.17, 15) is 0 Å². The molecule has 0 aliphatic carbocycles. The summed E-state index contributed by atoms with van der Waals surface area (Å²) in [5.41, 5.74) is 2.74. The molecule has 1 N–H and O–H groups in total. The molecule has 0 fully saturated rings. The summed E-state index contributed by atoms with van der Waals surface area (Å²) in [4.78, 5) is 0. The Balaban J connectivity index is 1.89. The van der Waals surface area contributed by atoms with Crippen LogP contribution in [0.4, 0.5) is 0 Å². The highest BCUT2D eigenvalue weighted by Gasteiger charge is 2.08. The van der Waals surface area contributed by atoms with Crippen LogP contribution >= 0.6 is 0 Å². The summed E-state index contributed by atoms with van der Waals surface area (Å²) in [5, 5.41) is 3.60. The van der Waals surface area contributed by atoms with Crippen LogP contribution in [-0.2, 0) is 0 Å². The summed E-state index contributed by atoms with van der Waals surface area (Å²) in [5.74, 6) is 0.539. The van der Waals surface area contributed by atoms with Crippen LogP contribution < -0.4 is 5.32 Å². The number of hydrogen-bond acceptors (Lipinski definition) is 1. The lowest BCUT2D eigenvalue weighted by Gasteiger charge is -2.18. The SMILES string of the molecule is C[C@H](NC[C@H](C)c1ccccc1)c1ccccc1. The molecule has 0 saturated carbocycles. The normalized spacial score (nSPS) is 14.1. The van der Waals surface area contributed by atoms with Crippen LogP contribution in [0.15, 0.2) is 60.7 Å². The van der Waals surface area contributed by atoms with Crippen LogP contribution in [0.25, 0.3) is 0 Å². The van der Waals surface area contributed by atoms with Gasteiger partial charge in [0, 0.05) is 12.6 Å². The first-order valence-electron chi connectivity index (χ1n) is 6.60. The Kier molecular flexibility index (Phi) is 4.54. The summed E-state index contributed by atoms with van der Waals surface area (Å²) >= 11 is 0. The molecule has 2 rings (SSSR count). The van der Waals surface area contributed by atoms with Crippen molar-refractivity contribution in [3.8, 4) is 0 Å². The Morgan fingerprint density at radius 3 is 1.83 bits per heavy atom. The van der Waals surface area contributed by atoms with E-state index in [4.69, 9.17) is 0 Å².